The summed E-state index contributed by atoms with van der Waals surface area (Å²) in [6.45, 7) is 5.96. The van der Waals surface area contributed by atoms with Crippen molar-refractivity contribution < 1.29 is 23.4 Å². The summed E-state index contributed by atoms with van der Waals surface area (Å²) in [5.74, 6) is 0.645. The normalized spacial score (nSPS) is 11.8. The Morgan fingerprint density at radius 2 is 1.97 bits per heavy atom. The summed E-state index contributed by atoms with van der Waals surface area (Å²) < 4.78 is 22.0. The molecule has 29 heavy (non-hydrogen) atoms. The van der Waals surface area contributed by atoms with Crippen LogP contribution in [0.25, 0.3) is 11.0 Å². The topological polar surface area (TPSA) is 75.0 Å². The summed E-state index contributed by atoms with van der Waals surface area (Å²) in [5.41, 5.74) is 1.08. The number of ether oxygens (including phenoxy) is 3. The molecule has 0 amide bonds. The lowest BCUT2D eigenvalue weighted by atomic mass is 10.2. The van der Waals surface area contributed by atoms with Gasteiger partial charge in [-0.25, -0.2) is 4.79 Å². The zero-order valence-corrected chi connectivity index (χ0v) is 16.8. The SMILES string of the molecule is CCCCOC(=O)[C@@H](C)Oc1ccc2c(=O)c(Oc3cccc(C)c3)coc2c1. The Labute approximate surface area is 169 Å². The number of carbonyl (C=O) groups excluding carboxylic acids is 1. The molecule has 0 bridgehead atoms. The van der Waals surface area contributed by atoms with Gasteiger partial charge >= 0.3 is 5.97 Å². The first-order chi connectivity index (χ1) is 14.0. The molecule has 3 rings (SSSR count). The van der Waals surface area contributed by atoms with E-state index in [2.05, 4.69) is 0 Å². The average molecular weight is 396 g/mol. The Kier molecular flexibility index (Phi) is 6.54. The second kappa shape index (κ2) is 9.28. The van der Waals surface area contributed by atoms with Crippen LogP contribution >= 0.6 is 0 Å². The molecule has 0 saturated carbocycles. The van der Waals surface area contributed by atoms with Gasteiger partial charge < -0.3 is 18.6 Å². The maximum atomic E-state index is 12.7. The van der Waals surface area contributed by atoms with E-state index in [9.17, 15) is 9.59 Å². The van der Waals surface area contributed by atoms with Crippen LogP contribution < -0.4 is 14.9 Å². The lowest BCUT2D eigenvalue weighted by Crippen LogP contribution is -2.26. The molecular formula is C23H24O6. The molecule has 0 N–H and O–H groups in total. The fraction of sp³-hybridized carbons (Fsp3) is 0.304. The van der Waals surface area contributed by atoms with E-state index in [1.54, 1.807) is 31.2 Å². The Bertz CT molecular complexity index is 1050. The van der Waals surface area contributed by atoms with Gasteiger partial charge in [0.2, 0.25) is 11.2 Å². The van der Waals surface area contributed by atoms with E-state index in [-0.39, 0.29) is 11.2 Å². The van der Waals surface area contributed by atoms with Gasteiger partial charge in [0, 0.05) is 6.07 Å². The fourth-order valence-electron chi connectivity index (χ4n) is 2.73. The third kappa shape index (κ3) is 5.16. The first-order valence-electron chi connectivity index (χ1n) is 9.61. The molecule has 0 unspecified atom stereocenters. The zero-order valence-electron chi connectivity index (χ0n) is 16.8. The van der Waals surface area contributed by atoms with Crippen molar-refractivity contribution in [1.82, 2.24) is 0 Å². The van der Waals surface area contributed by atoms with Gasteiger partial charge in [0.15, 0.2) is 6.10 Å². The van der Waals surface area contributed by atoms with Crippen molar-refractivity contribution in [2.75, 3.05) is 6.61 Å². The standard InChI is InChI=1S/C23H24O6/c1-4-5-11-26-23(25)16(3)28-18-9-10-19-20(13-18)27-14-21(22(19)24)29-17-8-6-7-15(2)12-17/h6-10,12-14,16H,4-5,11H2,1-3H3/t16-/m1/s1. The number of hydrogen-bond donors (Lipinski definition) is 0. The maximum Gasteiger partial charge on any atom is 0.347 e. The van der Waals surface area contributed by atoms with Crippen LogP contribution in [0.2, 0.25) is 0 Å². The first-order valence-corrected chi connectivity index (χ1v) is 9.61. The predicted octanol–water partition coefficient (Wildman–Crippen LogP) is 5.00. The van der Waals surface area contributed by atoms with E-state index in [1.807, 2.05) is 32.0 Å². The monoisotopic (exact) mass is 396 g/mol. The van der Waals surface area contributed by atoms with Crippen LogP contribution in [0.5, 0.6) is 17.2 Å². The van der Waals surface area contributed by atoms with E-state index in [0.29, 0.717) is 29.1 Å². The van der Waals surface area contributed by atoms with Crippen LogP contribution in [0.4, 0.5) is 0 Å². The molecule has 0 spiro atoms. The van der Waals surface area contributed by atoms with Crippen molar-refractivity contribution in [2.24, 2.45) is 0 Å². The van der Waals surface area contributed by atoms with Crippen molar-refractivity contribution >= 4 is 16.9 Å². The van der Waals surface area contributed by atoms with Gasteiger partial charge in [0.1, 0.15) is 23.3 Å². The molecule has 0 saturated heterocycles. The minimum absolute atomic E-state index is 0.102. The van der Waals surface area contributed by atoms with Crippen molar-refractivity contribution in [3.05, 3.63) is 64.5 Å². The molecule has 0 aliphatic heterocycles. The molecule has 152 valence electrons. The number of benzene rings is 2. The molecular weight excluding hydrogens is 372 g/mol. The molecule has 6 nitrogen and oxygen atoms in total. The van der Waals surface area contributed by atoms with Crippen LogP contribution in [-0.4, -0.2) is 18.7 Å². The largest absolute Gasteiger partial charge is 0.479 e. The van der Waals surface area contributed by atoms with E-state index in [1.165, 1.54) is 6.26 Å². The van der Waals surface area contributed by atoms with Gasteiger partial charge in [-0.15, -0.1) is 0 Å². The summed E-state index contributed by atoms with van der Waals surface area (Å²) in [4.78, 5) is 24.7. The van der Waals surface area contributed by atoms with Crippen LogP contribution in [0.1, 0.15) is 32.3 Å². The average Bonchev–Trinajstić information content (AvgIpc) is 2.70. The van der Waals surface area contributed by atoms with Gasteiger partial charge in [-0.2, -0.15) is 0 Å². The number of carbonyl (C=O) groups is 1. The molecule has 3 aromatic rings. The second-order valence-corrected chi connectivity index (χ2v) is 6.79. The van der Waals surface area contributed by atoms with Gasteiger partial charge in [-0.05, 0) is 50.1 Å². The first kappa shape index (κ1) is 20.5. The highest BCUT2D eigenvalue weighted by molar-refractivity contribution is 5.79. The number of fused-ring (bicyclic) bond motifs is 1. The van der Waals surface area contributed by atoms with Crippen LogP contribution in [-0.2, 0) is 9.53 Å². The highest BCUT2D eigenvalue weighted by atomic mass is 16.6. The molecule has 0 aliphatic carbocycles. The van der Waals surface area contributed by atoms with E-state index >= 15 is 0 Å². The van der Waals surface area contributed by atoms with Gasteiger partial charge in [0.25, 0.3) is 0 Å². The van der Waals surface area contributed by atoms with Crippen molar-refractivity contribution in [2.45, 2.75) is 39.7 Å². The van der Waals surface area contributed by atoms with Gasteiger partial charge in [0.05, 0.1) is 12.0 Å². The zero-order chi connectivity index (χ0) is 20.8. The number of hydrogen-bond acceptors (Lipinski definition) is 6. The quantitative estimate of drug-likeness (QED) is 0.394. The molecule has 1 aromatic heterocycles. The number of esters is 1. The van der Waals surface area contributed by atoms with Crippen molar-refractivity contribution in [1.29, 1.82) is 0 Å². The maximum absolute atomic E-state index is 12.7. The van der Waals surface area contributed by atoms with E-state index < -0.39 is 12.1 Å². The molecule has 0 aliphatic rings. The fourth-order valence-corrected chi connectivity index (χ4v) is 2.73. The molecule has 1 heterocycles. The summed E-state index contributed by atoms with van der Waals surface area (Å²) >= 11 is 0. The number of aryl methyl sites for hydroxylation is 1. The highest BCUT2D eigenvalue weighted by Gasteiger charge is 2.17. The lowest BCUT2D eigenvalue weighted by molar-refractivity contribution is -0.151. The Balaban J connectivity index is 1.75. The van der Waals surface area contributed by atoms with Gasteiger partial charge in [-0.3, -0.25) is 4.79 Å². The smallest absolute Gasteiger partial charge is 0.347 e. The third-order valence-electron chi connectivity index (χ3n) is 4.32. The van der Waals surface area contributed by atoms with Gasteiger partial charge in [-0.1, -0.05) is 25.5 Å². The second-order valence-electron chi connectivity index (χ2n) is 6.79. The Morgan fingerprint density at radius 3 is 2.72 bits per heavy atom. The molecule has 0 fully saturated rings. The summed E-state index contributed by atoms with van der Waals surface area (Å²) in [5, 5.41) is 0.362. The van der Waals surface area contributed by atoms with Crippen molar-refractivity contribution in [3.63, 3.8) is 0 Å². The van der Waals surface area contributed by atoms with Crippen LogP contribution in [0.3, 0.4) is 0 Å². The molecule has 6 heteroatoms. The summed E-state index contributed by atoms with van der Waals surface area (Å²) in [6, 6.07) is 12.2. The molecule has 0 radical (unpaired) electrons. The highest BCUT2D eigenvalue weighted by Crippen LogP contribution is 2.25. The molecule has 2 aromatic carbocycles. The minimum atomic E-state index is -0.764. The van der Waals surface area contributed by atoms with E-state index in [4.69, 9.17) is 18.6 Å². The Morgan fingerprint density at radius 1 is 1.14 bits per heavy atom. The lowest BCUT2D eigenvalue weighted by Gasteiger charge is -2.14. The van der Waals surface area contributed by atoms with Crippen LogP contribution in [0, 0.1) is 6.92 Å². The molecule has 1 atom stereocenters. The Hall–Kier alpha value is -3.28. The van der Waals surface area contributed by atoms with E-state index in [0.717, 1.165) is 18.4 Å². The third-order valence-corrected chi connectivity index (χ3v) is 4.32. The number of unbranched alkanes of at least 4 members (excludes halogenated alkanes) is 1. The number of rotatable bonds is 8. The predicted molar refractivity (Wildman–Crippen MR) is 110 cm³/mol. The van der Waals surface area contributed by atoms with Crippen LogP contribution in [0.15, 0.2) is 57.9 Å². The van der Waals surface area contributed by atoms with Crippen molar-refractivity contribution in [3.8, 4) is 17.2 Å². The minimum Gasteiger partial charge on any atom is -0.479 e. The summed E-state index contributed by atoms with van der Waals surface area (Å²) in [7, 11) is 0. The summed E-state index contributed by atoms with van der Waals surface area (Å²) in [6.07, 6.45) is 2.27.